The maximum absolute atomic E-state index is 12.9. The van der Waals surface area contributed by atoms with Gasteiger partial charge in [0.05, 0.1) is 13.1 Å². The number of imide groups is 1. The van der Waals surface area contributed by atoms with E-state index in [0.717, 1.165) is 9.42 Å². The molecule has 0 unspecified atom stereocenters. The highest BCUT2D eigenvalue weighted by Crippen LogP contribution is 2.27. The molecule has 2 N–H and O–H groups in total. The van der Waals surface area contributed by atoms with E-state index in [1.807, 2.05) is 0 Å². The van der Waals surface area contributed by atoms with Crippen molar-refractivity contribution in [2.24, 2.45) is 0 Å². The van der Waals surface area contributed by atoms with Crippen LogP contribution >= 0.6 is 0 Å². The Kier molecular flexibility index (Phi) is 5.94. The average Bonchev–Trinajstić information content (AvgIpc) is 3.33. The van der Waals surface area contributed by atoms with Crippen LogP contribution < -0.4 is 10.6 Å². The number of alkyl halides is 3. The average molecular weight is 475 g/mol. The van der Waals surface area contributed by atoms with Crippen LogP contribution in [-0.2, 0) is 28.7 Å². The summed E-state index contributed by atoms with van der Waals surface area (Å²) in [7, 11) is 0. The van der Waals surface area contributed by atoms with E-state index < -0.39 is 18.0 Å². The number of urea groups is 1. The molecule has 1 saturated heterocycles. The topological polar surface area (TPSA) is 122 Å². The smallest absolute Gasteiger partial charge is 0.329 e. The summed E-state index contributed by atoms with van der Waals surface area (Å²) in [6, 6.07) is 6.29. The molecule has 1 aliphatic rings. The molecule has 178 valence electrons. The van der Waals surface area contributed by atoms with Gasteiger partial charge in [0, 0.05) is 23.5 Å². The summed E-state index contributed by atoms with van der Waals surface area (Å²) in [5, 5.41) is 8.70. The number of hydrogen-bond acceptors (Lipinski definition) is 6. The van der Waals surface area contributed by atoms with E-state index in [-0.39, 0.29) is 43.5 Å². The Balaban J connectivity index is 1.43. The first-order chi connectivity index (χ1) is 16.0. The predicted octanol–water partition coefficient (Wildman–Crippen LogP) is 2.38. The van der Waals surface area contributed by atoms with Gasteiger partial charge in [-0.2, -0.15) is 18.2 Å². The van der Waals surface area contributed by atoms with Crippen LogP contribution in [0.1, 0.15) is 34.8 Å². The Morgan fingerprint density at radius 1 is 1.21 bits per heavy atom. The minimum atomic E-state index is -4.69. The molecule has 13 heteroatoms. The lowest BCUT2D eigenvalue weighted by Crippen LogP contribution is -2.30. The van der Waals surface area contributed by atoms with Crippen LogP contribution in [0.4, 0.5) is 23.7 Å². The molecule has 1 fully saturated rings. The largest absolute Gasteiger partial charge is 0.453 e. The van der Waals surface area contributed by atoms with Gasteiger partial charge in [0.2, 0.25) is 11.8 Å². The van der Waals surface area contributed by atoms with Crippen LogP contribution in [0.25, 0.3) is 5.78 Å². The number of aromatic nitrogens is 4. The van der Waals surface area contributed by atoms with Gasteiger partial charge in [-0.05, 0) is 43.5 Å². The fraction of sp³-hybridized carbons (Fsp3) is 0.333. The van der Waals surface area contributed by atoms with Crippen molar-refractivity contribution in [2.45, 2.75) is 39.4 Å². The summed E-state index contributed by atoms with van der Waals surface area (Å²) in [6.07, 6.45) is -4.41. The van der Waals surface area contributed by atoms with E-state index in [2.05, 4.69) is 25.7 Å². The maximum atomic E-state index is 12.9. The molecular formula is C21H20F3N7O3. The molecular weight excluding hydrogens is 455 g/mol. The monoisotopic (exact) mass is 475 g/mol. The predicted molar refractivity (Wildman–Crippen MR) is 113 cm³/mol. The molecule has 10 nitrogen and oxygen atoms in total. The van der Waals surface area contributed by atoms with E-state index in [9.17, 15) is 27.6 Å². The second-order valence-corrected chi connectivity index (χ2v) is 7.79. The van der Waals surface area contributed by atoms with Gasteiger partial charge in [-0.3, -0.25) is 14.5 Å². The molecule has 34 heavy (non-hydrogen) atoms. The van der Waals surface area contributed by atoms with E-state index >= 15 is 0 Å². The third-order valence-corrected chi connectivity index (χ3v) is 5.39. The Morgan fingerprint density at radius 3 is 2.65 bits per heavy atom. The molecule has 1 aliphatic heterocycles. The van der Waals surface area contributed by atoms with E-state index in [4.69, 9.17) is 0 Å². The molecule has 3 heterocycles. The summed E-state index contributed by atoms with van der Waals surface area (Å²) >= 11 is 0. The van der Waals surface area contributed by atoms with Crippen LogP contribution in [0.3, 0.4) is 0 Å². The number of carbonyl (C=O) groups is 3. The molecule has 0 spiro atoms. The number of nitrogens with one attached hydrogen (secondary N) is 2. The fourth-order valence-electron chi connectivity index (χ4n) is 3.70. The first-order valence-corrected chi connectivity index (χ1v) is 10.3. The van der Waals surface area contributed by atoms with Gasteiger partial charge < -0.3 is 10.6 Å². The minimum Gasteiger partial charge on any atom is -0.329 e. The number of halogens is 3. The Morgan fingerprint density at radius 2 is 1.97 bits per heavy atom. The minimum absolute atomic E-state index is 0.0408. The Labute approximate surface area is 191 Å². The number of nitrogens with zero attached hydrogens (tertiary/aromatic N) is 5. The molecule has 3 aromatic rings. The zero-order valence-corrected chi connectivity index (χ0v) is 18.2. The number of benzene rings is 1. The number of fused-ring (bicyclic) bond motifs is 1. The highest BCUT2D eigenvalue weighted by molar-refractivity contribution is 6.01. The molecule has 1 aromatic carbocycles. The quantitative estimate of drug-likeness (QED) is 0.528. The van der Waals surface area contributed by atoms with Crippen molar-refractivity contribution in [3.8, 4) is 0 Å². The highest BCUT2D eigenvalue weighted by atomic mass is 19.4. The van der Waals surface area contributed by atoms with Gasteiger partial charge in [0.15, 0.2) is 0 Å². The summed E-state index contributed by atoms with van der Waals surface area (Å²) in [5.41, 5.74) is 2.65. The van der Waals surface area contributed by atoms with Gasteiger partial charge >= 0.3 is 12.2 Å². The van der Waals surface area contributed by atoms with Crippen molar-refractivity contribution in [2.75, 3.05) is 11.9 Å². The standard InChI is InChI=1S/C21H20F3N7O3/c1-11-15(12(2)31-19(26-11)28-18(29-31)21(22,23)24)6-7-16(32)27-14-5-3-4-13(8-14)10-30-17(33)9-25-20(30)34/h3-5,8H,6-7,9-10H2,1-2H3,(H,25,34)(H,27,32). The van der Waals surface area contributed by atoms with Crippen LogP contribution in [0.2, 0.25) is 0 Å². The summed E-state index contributed by atoms with van der Waals surface area (Å²) < 4.78 is 39.9. The molecule has 4 rings (SSSR count). The van der Waals surface area contributed by atoms with Gasteiger partial charge in [0.25, 0.3) is 11.6 Å². The molecule has 0 saturated carbocycles. The molecule has 0 bridgehead atoms. The Bertz CT molecular complexity index is 1290. The summed E-state index contributed by atoms with van der Waals surface area (Å²) in [6.45, 7) is 3.28. The van der Waals surface area contributed by atoms with Gasteiger partial charge in [0.1, 0.15) is 0 Å². The number of rotatable bonds is 6. The molecule has 0 aliphatic carbocycles. The second kappa shape index (κ2) is 8.72. The first-order valence-electron chi connectivity index (χ1n) is 10.3. The van der Waals surface area contributed by atoms with Gasteiger partial charge in [-0.15, -0.1) is 5.10 Å². The number of amides is 4. The fourth-order valence-corrected chi connectivity index (χ4v) is 3.70. The van der Waals surface area contributed by atoms with Gasteiger partial charge in [-0.25, -0.2) is 14.3 Å². The van der Waals surface area contributed by atoms with Crippen molar-refractivity contribution in [1.29, 1.82) is 0 Å². The molecule has 0 radical (unpaired) electrons. The van der Waals surface area contributed by atoms with Crippen molar-refractivity contribution in [3.05, 3.63) is 52.6 Å². The van der Waals surface area contributed by atoms with Gasteiger partial charge in [-0.1, -0.05) is 12.1 Å². The summed E-state index contributed by atoms with van der Waals surface area (Å²) in [5.74, 6) is -2.08. The summed E-state index contributed by atoms with van der Waals surface area (Å²) in [4.78, 5) is 44.6. The normalized spacial score (nSPS) is 14.1. The zero-order valence-electron chi connectivity index (χ0n) is 18.2. The number of hydrogen-bond donors (Lipinski definition) is 2. The SMILES string of the molecule is Cc1nc2nc(C(F)(F)F)nn2c(C)c1CCC(=O)Nc1cccc(CN2C(=O)CNC2=O)c1. The van der Waals surface area contributed by atoms with E-state index in [1.165, 1.54) is 0 Å². The van der Waals surface area contributed by atoms with E-state index in [1.54, 1.807) is 38.1 Å². The lowest BCUT2D eigenvalue weighted by molar-refractivity contribution is -0.144. The van der Waals surface area contributed by atoms with Crippen molar-refractivity contribution in [1.82, 2.24) is 29.8 Å². The van der Waals surface area contributed by atoms with Crippen molar-refractivity contribution >= 4 is 29.3 Å². The molecule has 2 aromatic heterocycles. The van der Waals surface area contributed by atoms with Crippen LogP contribution in [-0.4, -0.2) is 48.9 Å². The number of anilines is 1. The van der Waals surface area contributed by atoms with Crippen molar-refractivity contribution < 1.29 is 27.6 Å². The Hall–Kier alpha value is -4.03. The zero-order chi connectivity index (χ0) is 24.6. The number of aryl methyl sites for hydroxylation is 2. The number of carbonyl (C=O) groups excluding carboxylic acids is 3. The maximum Gasteiger partial charge on any atom is 0.453 e. The first kappa shape index (κ1) is 23.1. The third kappa shape index (κ3) is 4.67. The molecule has 0 atom stereocenters. The highest BCUT2D eigenvalue weighted by Gasteiger charge is 2.37. The van der Waals surface area contributed by atoms with Crippen LogP contribution in [0.5, 0.6) is 0 Å². The van der Waals surface area contributed by atoms with Crippen molar-refractivity contribution in [3.63, 3.8) is 0 Å². The molecule has 4 amide bonds. The van der Waals surface area contributed by atoms with Crippen LogP contribution in [0, 0.1) is 13.8 Å². The lowest BCUT2D eigenvalue weighted by atomic mass is 10.1. The van der Waals surface area contributed by atoms with E-state index in [0.29, 0.717) is 28.2 Å². The lowest BCUT2D eigenvalue weighted by Gasteiger charge is -2.14. The van der Waals surface area contributed by atoms with Crippen LogP contribution in [0.15, 0.2) is 24.3 Å². The second-order valence-electron chi connectivity index (χ2n) is 7.79. The third-order valence-electron chi connectivity index (χ3n) is 5.39.